The lowest BCUT2D eigenvalue weighted by Gasteiger charge is -2.17. The van der Waals surface area contributed by atoms with Gasteiger partial charge in [0.15, 0.2) is 0 Å². The van der Waals surface area contributed by atoms with Crippen molar-refractivity contribution in [2.45, 2.75) is 38.5 Å². The third kappa shape index (κ3) is 6.89. The first-order valence-electron chi connectivity index (χ1n) is 12.8. The Bertz CT molecular complexity index is 1260. The van der Waals surface area contributed by atoms with Gasteiger partial charge in [-0.2, -0.15) is 0 Å². The number of imidazole rings is 1. The van der Waals surface area contributed by atoms with Gasteiger partial charge in [0, 0.05) is 36.2 Å². The van der Waals surface area contributed by atoms with Gasteiger partial charge in [0.05, 0.1) is 30.3 Å². The summed E-state index contributed by atoms with van der Waals surface area (Å²) >= 11 is 0. The Labute approximate surface area is 220 Å². The fraction of sp³-hybridized carbons (Fsp3) is 0.333. The van der Waals surface area contributed by atoms with Gasteiger partial charge in [0.25, 0.3) is 0 Å². The van der Waals surface area contributed by atoms with Crippen molar-refractivity contribution in [3.63, 3.8) is 0 Å². The van der Waals surface area contributed by atoms with Gasteiger partial charge in [-0.15, -0.1) is 13.2 Å². The fourth-order valence-electron chi connectivity index (χ4n) is 4.47. The molecule has 4 rings (SSSR count). The summed E-state index contributed by atoms with van der Waals surface area (Å²) in [5, 5.41) is 6.81. The van der Waals surface area contributed by atoms with E-state index in [1.165, 1.54) is 11.3 Å². The van der Waals surface area contributed by atoms with Crippen molar-refractivity contribution in [3.05, 3.63) is 97.2 Å². The maximum atomic E-state index is 5.22. The first kappa shape index (κ1) is 27.7. The maximum absolute atomic E-state index is 5.22. The maximum Gasteiger partial charge on any atom is 0.117 e. The molecule has 0 saturated heterocycles. The van der Waals surface area contributed by atoms with Crippen LogP contribution < -0.4 is 10.6 Å². The van der Waals surface area contributed by atoms with Crippen LogP contribution >= 0.6 is 0 Å². The molecular weight excluding hydrogens is 460 g/mol. The van der Waals surface area contributed by atoms with Crippen molar-refractivity contribution in [1.29, 1.82) is 0 Å². The van der Waals surface area contributed by atoms with E-state index in [2.05, 4.69) is 63.0 Å². The average Bonchev–Trinajstić information content (AvgIpc) is 3.55. The summed E-state index contributed by atoms with van der Waals surface area (Å²) in [6.07, 6.45) is 20.0. The fourth-order valence-corrected chi connectivity index (χ4v) is 4.47. The smallest absolute Gasteiger partial charge is 0.117 e. The van der Waals surface area contributed by atoms with Gasteiger partial charge < -0.3 is 20.4 Å². The van der Waals surface area contributed by atoms with Crippen LogP contribution in [0, 0.1) is 0 Å². The molecule has 1 atom stereocenters. The zero-order chi connectivity index (χ0) is 26.6. The van der Waals surface area contributed by atoms with Crippen LogP contribution in [0.3, 0.4) is 0 Å². The second-order valence-electron chi connectivity index (χ2n) is 8.83. The van der Waals surface area contributed by atoms with E-state index in [-0.39, 0.29) is 5.92 Å². The minimum absolute atomic E-state index is 0.269. The molecule has 0 aliphatic heterocycles. The van der Waals surface area contributed by atoms with Gasteiger partial charge in [0.1, 0.15) is 11.5 Å². The standard InChI is InChI=1S/C28H36N6O.C2H4/c1-5-23(11-10-20(2)35-4)31-15-13-21(12-14-29-3)28-33-27(26-19-30-16-17-34(26)28)25-18-22-8-6-7-9-24(22)32-25;1-2/h5,7,9-11,16-19,21,29,31-32H,1,6,8,12-15H2,2-4H3;1-2H2/b20-10+,23-11+;. The molecular formula is C30H40N6O. The van der Waals surface area contributed by atoms with E-state index in [1.807, 2.05) is 50.8 Å². The van der Waals surface area contributed by atoms with Gasteiger partial charge >= 0.3 is 0 Å². The predicted octanol–water partition coefficient (Wildman–Crippen LogP) is 5.78. The number of nitrogens with one attached hydrogen (secondary N) is 3. The number of aryl methyl sites for hydroxylation is 1. The number of hydrogen-bond donors (Lipinski definition) is 3. The molecule has 0 bridgehead atoms. The Morgan fingerprint density at radius 2 is 2.08 bits per heavy atom. The van der Waals surface area contributed by atoms with Crippen molar-refractivity contribution in [1.82, 2.24) is 30.0 Å². The van der Waals surface area contributed by atoms with Crippen molar-refractivity contribution >= 4 is 11.6 Å². The van der Waals surface area contributed by atoms with Crippen LogP contribution in [0.25, 0.3) is 23.0 Å². The lowest BCUT2D eigenvalue weighted by molar-refractivity contribution is 0.293. The van der Waals surface area contributed by atoms with E-state index in [4.69, 9.17) is 9.72 Å². The van der Waals surface area contributed by atoms with E-state index in [9.17, 15) is 0 Å². The number of hydrogen-bond acceptors (Lipinski definition) is 5. The van der Waals surface area contributed by atoms with Crippen LogP contribution in [0.15, 0.2) is 80.2 Å². The summed E-state index contributed by atoms with van der Waals surface area (Å²) in [5.41, 5.74) is 6.56. The summed E-state index contributed by atoms with van der Waals surface area (Å²) in [7, 11) is 3.67. The summed E-state index contributed by atoms with van der Waals surface area (Å²) in [5.74, 6) is 2.19. The summed E-state index contributed by atoms with van der Waals surface area (Å²) < 4.78 is 7.42. The lowest BCUT2D eigenvalue weighted by atomic mass is 10.00. The summed E-state index contributed by atoms with van der Waals surface area (Å²) in [6.45, 7) is 13.6. The third-order valence-electron chi connectivity index (χ3n) is 6.50. The Balaban J connectivity index is 0.00000186. The largest absolute Gasteiger partial charge is 0.501 e. The number of allylic oxidation sites excluding steroid dienone is 5. The minimum atomic E-state index is 0.269. The Kier molecular flexibility index (Phi) is 10.5. The molecule has 1 aliphatic rings. The molecule has 196 valence electrons. The molecule has 7 nitrogen and oxygen atoms in total. The van der Waals surface area contributed by atoms with Crippen LogP contribution in [0.5, 0.6) is 0 Å². The van der Waals surface area contributed by atoms with Gasteiger partial charge in [-0.1, -0.05) is 12.7 Å². The van der Waals surface area contributed by atoms with E-state index in [1.54, 1.807) is 7.11 Å². The monoisotopic (exact) mass is 500 g/mol. The average molecular weight is 501 g/mol. The normalized spacial score (nSPS) is 14.0. The highest BCUT2D eigenvalue weighted by Crippen LogP contribution is 2.32. The third-order valence-corrected chi connectivity index (χ3v) is 6.50. The number of aromatic nitrogens is 4. The number of H-pyrrole nitrogens is 1. The number of methoxy groups -OCH3 is 1. The predicted molar refractivity (Wildman–Crippen MR) is 154 cm³/mol. The van der Waals surface area contributed by atoms with Gasteiger partial charge in [-0.3, -0.25) is 9.38 Å². The van der Waals surface area contributed by atoms with Crippen LogP contribution in [0.1, 0.15) is 49.2 Å². The Morgan fingerprint density at radius 3 is 2.81 bits per heavy atom. The molecule has 3 aromatic heterocycles. The van der Waals surface area contributed by atoms with Crippen molar-refractivity contribution < 1.29 is 4.74 Å². The quantitative estimate of drug-likeness (QED) is 0.167. The number of rotatable bonds is 12. The van der Waals surface area contributed by atoms with E-state index in [0.717, 1.165) is 73.0 Å². The van der Waals surface area contributed by atoms with Gasteiger partial charge in [-0.05, 0) is 82.1 Å². The molecule has 0 spiro atoms. The highest BCUT2D eigenvalue weighted by Gasteiger charge is 2.22. The van der Waals surface area contributed by atoms with Crippen molar-refractivity contribution in [3.8, 4) is 11.4 Å². The summed E-state index contributed by atoms with van der Waals surface area (Å²) in [6, 6.07) is 2.25. The molecule has 1 aliphatic carbocycles. The topological polar surface area (TPSA) is 79.3 Å². The summed E-state index contributed by atoms with van der Waals surface area (Å²) in [4.78, 5) is 13.2. The van der Waals surface area contributed by atoms with Crippen LogP contribution in [0.4, 0.5) is 0 Å². The highest BCUT2D eigenvalue weighted by molar-refractivity contribution is 5.77. The number of aromatic amines is 1. The van der Waals surface area contributed by atoms with Crippen LogP contribution in [-0.2, 0) is 11.2 Å². The lowest BCUT2D eigenvalue weighted by Crippen LogP contribution is -2.20. The minimum Gasteiger partial charge on any atom is -0.501 e. The molecule has 0 radical (unpaired) electrons. The first-order valence-corrected chi connectivity index (χ1v) is 12.8. The Hall–Kier alpha value is -3.84. The molecule has 0 fully saturated rings. The number of ether oxygens (including phenoxy) is 1. The van der Waals surface area contributed by atoms with Crippen molar-refractivity contribution in [2.75, 3.05) is 27.2 Å². The number of fused-ring (bicyclic) bond motifs is 2. The van der Waals surface area contributed by atoms with E-state index in [0.29, 0.717) is 0 Å². The molecule has 7 heteroatoms. The van der Waals surface area contributed by atoms with Crippen molar-refractivity contribution in [2.24, 2.45) is 0 Å². The second kappa shape index (κ2) is 14.0. The van der Waals surface area contributed by atoms with Gasteiger partial charge in [0.2, 0.25) is 0 Å². The Morgan fingerprint density at radius 1 is 1.27 bits per heavy atom. The molecule has 1 unspecified atom stereocenters. The second-order valence-corrected chi connectivity index (χ2v) is 8.83. The molecule has 3 heterocycles. The van der Waals surface area contributed by atoms with Crippen LogP contribution in [-0.4, -0.2) is 46.6 Å². The van der Waals surface area contributed by atoms with E-state index >= 15 is 0 Å². The van der Waals surface area contributed by atoms with Crippen LogP contribution in [0.2, 0.25) is 0 Å². The van der Waals surface area contributed by atoms with Gasteiger partial charge in [-0.25, -0.2) is 4.98 Å². The number of nitrogens with zero attached hydrogens (tertiary/aromatic N) is 3. The first-order chi connectivity index (χ1) is 18.1. The molecule has 3 aromatic rings. The molecule has 0 aromatic carbocycles. The molecule has 0 amide bonds. The highest BCUT2D eigenvalue weighted by atomic mass is 16.5. The SMILES string of the molecule is C=C.C=C/C(=C\C=C(/C)OC)NCCC(CCNC)c1nc(-c2cc3c([nH]2)C=CCC3)c2cnccn12. The molecule has 3 N–H and O–H groups in total. The molecule has 0 saturated carbocycles. The molecule has 37 heavy (non-hydrogen) atoms. The zero-order valence-corrected chi connectivity index (χ0v) is 22.4. The zero-order valence-electron chi connectivity index (χ0n) is 22.4. The van der Waals surface area contributed by atoms with E-state index < -0.39 is 0 Å².